The summed E-state index contributed by atoms with van der Waals surface area (Å²) in [6.07, 6.45) is 1.62. The fourth-order valence-electron chi connectivity index (χ4n) is 2.19. The minimum Gasteiger partial charge on any atom is -0.371 e. The molecule has 0 aromatic heterocycles. The third-order valence-electron chi connectivity index (χ3n) is 3.16. The number of benzene rings is 1. The lowest BCUT2D eigenvalue weighted by molar-refractivity contribution is -0.124. The van der Waals surface area contributed by atoms with Crippen LogP contribution in [0.2, 0.25) is 0 Å². The van der Waals surface area contributed by atoms with Crippen LogP contribution >= 0.6 is 11.6 Å². The lowest BCUT2D eigenvalue weighted by atomic mass is 10.0. The molecule has 0 saturated carbocycles. The van der Waals surface area contributed by atoms with Crippen molar-refractivity contribution in [1.82, 2.24) is 5.32 Å². The monoisotopic (exact) mass is 270 g/mol. The zero-order valence-corrected chi connectivity index (χ0v) is 10.7. The number of carbonyl (C=O) groups excluding carboxylic acids is 1. The standard InChI is InChI=1S/C13H16ClFN2O/c14-12(15)13(18)16-10-6-8-17(9-7-10)11-4-2-1-3-5-11/h1-5,10,12H,6-9H2,(H,16,18). The fourth-order valence-corrected chi connectivity index (χ4v) is 2.25. The number of anilines is 1. The molecule has 3 nitrogen and oxygen atoms in total. The number of amides is 1. The summed E-state index contributed by atoms with van der Waals surface area (Å²) in [6, 6.07) is 10.1. The molecule has 1 atom stereocenters. The van der Waals surface area contributed by atoms with Crippen molar-refractivity contribution in [1.29, 1.82) is 0 Å². The molecule has 1 aliphatic heterocycles. The summed E-state index contributed by atoms with van der Waals surface area (Å²) in [7, 11) is 0. The second-order valence-corrected chi connectivity index (χ2v) is 4.79. The Morgan fingerprint density at radius 1 is 1.33 bits per heavy atom. The van der Waals surface area contributed by atoms with E-state index < -0.39 is 11.5 Å². The third-order valence-corrected chi connectivity index (χ3v) is 3.36. The summed E-state index contributed by atoms with van der Waals surface area (Å²) in [4.78, 5) is 13.4. The van der Waals surface area contributed by atoms with Crippen molar-refractivity contribution < 1.29 is 9.18 Å². The SMILES string of the molecule is O=C(NC1CCN(c2ccccc2)CC1)C(F)Cl. The highest BCUT2D eigenvalue weighted by Gasteiger charge is 2.23. The van der Waals surface area contributed by atoms with Crippen molar-refractivity contribution in [3.63, 3.8) is 0 Å². The summed E-state index contributed by atoms with van der Waals surface area (Å²) in [5, 5.41) is 2.62. The Labute approximate surface area is 111 Å². The first-order chi connectivity index (χ1) is 8.66. The molecule has 1 unspecified atom stereocenters. The molecule has 1 fully saturated rings. The molecule has 1 aromatic rings. The number of hydrogen-bond acceptors (Lipinski definition) is 2. The molecule has 2 rings (SSSR count). The van der Waals surface area contributed by atoms with E-state index in [2.05, 4.69) is 22.3 Å². The number of carbonyl (C=O) groups is 1. The van der Waals surface area contributed by atoms with Gasteiger partial charge in [-0.2, -0.15) is 0 Å². The van der Waals surface area contributed by atoms with Gasteiger partial charge in [0.25, 0.3) is 11.5 Å². The first kappa shape index (κ1) is 13.1. The Morgan fingerprint density at radius 2 is 1.94 bits per heavy atom. The van der Waals surface area contributed by atoms with E-state index in [9.17, 15) is 9.18 Å². The van der Waals surface area contributed by atoms with Crippen LogP contribution in [0.25, 0.3) is 0 Å². The van der Waals surface area contributed by atoms with Crippen LogP contribution < -0.4 is 10.2 Å². The number of rotatable bonds is 3. The molecule has 18 heavy (non-hydrogen) atoms. The van der Waals surface area contributed by atoms with Crippen LogP contribution in [0.15, 0.2) is 30.3 Å². The molecule has 0 aliphatic carbocycles. The number of para-hydroxylation sites is 1. The van der Waals surface area contributed by atoms with E-state index >= 15 is 0 Å². The van der Waals surface area contributed by atoms with Crippen LogP contribution in [0.1, 0.15) is 12.8 Å². The van der Waals surface area contributed by atoms with E-state index in [1.54, 1.807) is 0 Å². The molecular weight excluding hydrogens is 255 g/mol. The first-order valence-corrected chi connectivity index (χ1v) is 6.49. The Hall–Kier alpha value is -1.29. The van der Waals surface area contributed by atoms with E-state index in [-0.39, 0.29) is 6.04 Å². The second-order valence-electron chi connectivity index (χ2n) is 4.41. The third kappa shape index (κ3) is 3.35. The van der Waals surface area contributed by atoms with Gasteiger partial charge in [-0.1, -0.05) is 29.8 Å². The van der Waals surface area contributed by atoms with Gasteiger partial charge in [-0.3, -0.25) is 4.79 Å². The Bertz CT molecular complexity index is 391. The predicted octanol–water partition coefficient (Wildman–Crippen LogP) is 2.31. The van der Waals surface area contributed by atoms with Gasteiger partial charge in [0.2, 0.25) is 0 Å². The van der Waals surface area contributed by atoms with Gasteiger partial charge < -0.3 is 10.2 Å². The lowest BCUT2D eigenvalue weighted by Gasteiger charge is -2.34. The van der Waals surface area contributed by atoms with Gasteiger partial charge in [-0.15, -0.1) is 0 Å². The maximum Gasteiger partial charge on any atom is 0.270 e. The molecular formula is C13H16ClFN2O. The first-order valence-electron chi connectivity index (χ1n) is 6.05. The summed E-state index contributed by atoms with van der Waals surface area (Å²) < 4.78 is 12.5. The van der Waals surface area contributed by atoms with Crippen molar-refractivity contribution in [3.8, 4) is 0 Å². The predicted molar refractivity (Wildman–Crippen MR) is 70.6 cm³/mol. The van der Waals surface area contributed by atoms with Crippen LogP contribution in [-0.4, -0.2) is 30.7 Å². The highest BCUT2D eigenvalue weighted by atomic mass is 35.5. The Kier molecular flexibility index (Phi) is 4.42. The van der Waals surface area contributed by atoms with Gasteiger partial charge in [0, 0.05) is 24.8 Å². The quantitative estimate of drug-likeness (QED) is 0.855. The lowest BCUT2D eigenvalue weighted by Crippen LogP contribution is -2.46. The molecule has 1 saturated heterocycles. The molecule has 0 spiro atoms. The van der Waals surface area contributed by atoms with E-state index in [0.29, 0.717) is 0 Å². The number of alkyl halides is 2. The van der Waals surface area contributed by atoms with Crippen LogP contribution in [0.4, 0.5) is 10.1 Å². The van der Waals surface area contributed by atoms with E-state index in [4.69, 9.17) is 11.6 Å². The van der Waals surface area contributed by atoms with Crippen LogP contribution in [-0.2, 0) is 4.79 Å². The van der Waals surface area contributed by atoms with Crippen LogP contribution in [0.5, 0.6) is 0 Å². The average molecular weight is 271 g/mol. The second kappa shape index (κ2) is 6.05. The zero-order chi connectivity index (χ0) is 13.0. The minimum atomic E-state index is -1.95. The number of nitrogens with zero attached hydrogens (tertiary/aromatic N) is 1. The normalized spacial score (nSPS) is 18.4. The van der Waals surface area contributed by atoms with Gasteiger partial charge >= 0.3 is 0 Å². The summed E-state index contributed by atoms with van der Waals surface area (Å²) in [5.41, 5.74) is -0.764. The minimum absolute atomic E-state index is 0.0227. The highest BCUT2D eigenvalue weighted by molar-refractivity contribution is 6.29. The number of halogens is 2. The molecule has 1 heterocycles. The maximum absolute atomic E-state index is 12.5. The van der Waals surface area contributed by atoms with Gasteiger partial charge in [-0.05, 0) is 25.0 Å². The highest BCUT2D eigenvalue weighted by Crippen LogP contribution is 2.19. The number of hydrogen-bond donors (Lipinski definition) is 1. The maximum atomic E-state index is 12.5. The molecule has 1 N–H and O–H groups in total. The van der Waals surface area contributed by atoms with Crippen LogP contribution in [0.3, 0.4) is 0 Å². The number of nitrogens with one attached hydrogen (secondary N) is 1. The molecule has 1 aliphatic rings. The molecule has 98 valence electrons. The Balaban J connectivity index is 1.83. The summed E-state index contributed by atoms with van der Waals surface area (Å²) in [5.74, 6) is -0.727. The Morgan fingerprint density at radius 3 is 2.50 bits per heavy atom. The van der Waals surface area contributed by atoms with Gasteiger partial charge in [0.05, 0.1) is 0 Å². The molecule has 1 aromatic carbocycles. The van der Waals surface area contributed by atoms with E-state index in [1.165, 1.54) is 5.69 Å². The van der Waals surface area contributed by atoms with Crippen molar-refractivity contribution in [2.24, 2.45) is 0 Å². The van der Waals surface area contributed by atoms with Crippen LogP contribution in [0, 0.1) is 0 Å². The van der Waals surface area contributed by atoms with E-state index in [0.717, 1.165) is 25.9 Å². The fraction of sp³-hybridized carbons (Fsp3) is 0.462. The number of piperidine rings is 1. The molecule has 0 bridgehead atoms. The van der Waals surface area contributed by atoms with Crippen molar-refractivity contribution in [2.45, 2.75) is 24.5 Å². The zero-order valence-electron chi connectivity index (χ0n) is 9.98. The van der Waals surface area contributed by atoms with Gasteiger partial charge in [0.15, 0.2) is 0 Å². The van der Waals surface area contributed by atoms with Crippen molar-refractivity contribution in [2.75, 3.05) is 18.0 Å². The smallest absolute Gasteiger partial charge is 0.270 e. The topological polar surface area (TPSA) is 32.3 Å². The van der Waals surface area contributed by atoms with Crippen molar-refractivity contribution in [3.05, 3.63) is 30.3 Å². The average Bonchev–Trinajstić information content (AvgIpc) is 2.40. The van der Waals surface area contributed by atoms with E-state index in [1.807, 2.05) is 18.2 Å². The molecule has 1 amide bonds. The van der Waals surface area contributed by atoms with Gasteiger partial charge in [-0.25, -0.2) is 4.39 Å². The molecule has 0 radical (unpaired) electrons. The summed E-state index contributed by atoms with van der Waals surface area (Å²) in [6.45, 7) is 1.71. The largest absolute Gasteiger partial charge is 0.371 e. The van der Waals surface area contributed by atoms with Gasteiger partial charge in [0.1, 0.15) is 0 Å². The van der Waals surface area contributed by atoms with Crippen molar-refractivity contribution >= 4 is 23.2 Å². The summed E-state index contributed by atoms with van der Waals surface area (Å²) >= 11 is 5.08. The molecule has 5 heteroatoms.